The summed E-state index contributed by atoms with van der Waals surface area (Å²) >= 11 is 0. The molecule has 144 valence electrons. The van der Waals surface area contributed by atoms with E-state index in [1.54, 1.807) is 0 Å². The van der Waals surface area contributed by atoms with Crippen molar-refractivity contribution in [3.8, 4) is 0 Å². The molecule has 3 rings (SSSR count). The molecular weight excluding hydrogens is 324 g/mol. The van der Waals surface area contributed by atoms with E-state index in [4.69, 9.17) is 4.74 Å². The summed E-state index contributed by atoms with van der Waals surface area (Å²) in [5.74, 6) is 1.62. The monoisotopic (exact) mass is 358 g/mol. The molecule has 1 aromatic carbocycles. The van der Waals surface area contributed by atoms with E-state index in [1.807, 2.05) is 7.05 Å². The van der Waals surface area contributed by atoms with Crippen LogP contribution in [0.2, 0.25) is 0 Å². The molecule has 5 nitrogen and oxygen atoms in total. The van der Waals surface area contributed by atoms with Gasteiger partial charge in [0, 0.05) is 58.8 Å². The lowest BCUT2D eigenvalue weighted by molar-refractivity contribution is 0.172. The molecule has 0 radical (unpaired) electrons. The average molecular weight is 359 g/mol. The van der Waals surface area contributed by atoms with Crippen LogP contribution >= 0.6 is 0 Å². The number of benzene rings is 1. The van der Waals surface area contributed by atoms with Gasteiger partial charge in [0.15, 0.2) is 5.96 Å². The molecule has 0 amide bonds. The highest BCUT2D eigenvalue weighted by atomic mass is 16.5. The molecule has 0 bridgehead atoms. The molecule has 5 heteroatoms. The predicted molar refractivity (Wildman–Crippen MR) is 108 cm³/mol. The van der Waals surface area contributed by atoms with Gasteiger partial charge in [0.2, 0.25) is 0 Å². The van der Waals surface area contributed by atoms with E-state index >= 15 is 0 Å². The number of nitrogens with one attached hydrogen (secondary N) is 1. The summed E-state index contributed by atoms with van der Waals surface area (Å²) in [6.07, 6.45) is 3.46. The van der Waals surface area contributed by atoms with Crippen molar-refractivity contribution in [2.75, 3.05) is 46.9 Å². The van der Waals surface area contributed by atoms with Gasteiger partial charge >= 0.3 is 0 Å². The van der Waals surface area contributed by atoms with Crippen LogP contribution in [0.4, 0.5) is 0 Å². The van der Waals surface area contributed by atoms with Gasteiger partial charge in [0.1, 0.15) is 0 Å². The quantitative estimate of drug-likeness (QED) is 0.626. The smallest absolute Gasteiger partial charge is 0.193 e. The minimum atomic E-state index is 0.531. The zero-order valence-corrected chi connectivity index (χ0v) is 16.6. The Morgan fingerprint density at radius 3 is 2.88 bits per heavy atom. The summed E-state index contributed by atoms with van der Waals surface area (Å²) in [5, 5.41) is 3.61. The van der Waals surface area contributed by atoms with E-state index in [-0.39, 0.29) is 0 Å². The van der Waals surface area contributed by atoms with Crippen molar-refractivity contribution in [2.45, 2.75) is 38.8 Å². The maximum absolute atomic E-state index is 5.50. The molecule has 1 aromatic rings. The standard InChI is InChI=1S/C21H34N4O/c1-4-20(25-11-9-18-7-5-6-8-19(18)15-25)13-23-21(22-2)24(3)14-17-10-12-26-16-17/h5-8,17,20H,4,9-16H2,1-3H3,(H,22,23). The molecular formula is C21H34N4O. The summed E-state index contributed by atoms with van der Waals surface area (Å²) in [4.78, 5) is 9.36. The fourth-order valence-electron chi connectivity index (χ4n) is 4.16. The molecule has 26 heavy (non-hydrogen) atoms. The third-order valence-corrected chi connectivity index (χ3v) is 5.77. The number of fused-ring (bicyclic) bond motifs is 1. The minimum absolute atomic E-state index is 0.531. The Hall–Kier alpha value is -1.59. The molecule has 1 fully saturated rings. The summed E-state index contributed by atoms with van der Waals surface area (Å²) in [6, 6.07) is 9.39. The first-order chi connectivity index (χ1) is 12.7. The molecule has 1 saturated heterocycles. The first kappa shape index (κ1) is 19.2. The van der Waals surface area contributed by atoms with Crippen LogP contribution in [-0.2, 0) is 17.7 Å². The van der Waals surface area contributed by atoms with E-state index in [0.717, 1.165) is 64.6 Å². The molecule has 2 atom stereocenters. The van der Waals surface area contributed by atoms with E-state index in [1.165, 1.54) is 11.1 Å². The number of aliphatic imine (C=N–C) groups is 1. The SMILES string of the molecule is CCC(CNC(=NC)N(C)CC1CCOC1)N1CCc2ccccc2C1. The second-order valence-corrected chi connectivity index (χ2v) is 7.59. The highest BCUT2D eigenvalue weighted by molar-refractivity contribution is 5.79. The number of guanidine groups is 1. The van der Waals surface area contributed by atoms with Crippen LogP contribution in [0.1, 0.15) is 30.9 Å². The van der Waals surface area contributed by atoms with Gasteiger partial charge in [-0.15, -0.1) is 0 Å². The lowest BCUT2D eigenvalue weighted by Crippen LogP contribution is -2.49. The van der Waals surface area contributed by atoms with Crippen LogP contribution < -0.4 is 5.32 Å². The lowest BCUT2D eigenvalue weighted by atomic mass is 9.98. The van der Waals surface area contributed by atoms with Crippen LogP contribution in [0.25, 0.3) is 0 Å². The van der Waals surface area contributed by atoms with E-state index in [9.17, 15) is 0 Å². The van der Waals surface area contributed by atoms with Gasteiger partial charge in [-0.1, -0.05) is 31.2 Å². The third kappa shape index (κ3) is 4.77. The summed E-state index contributed by atoms with van der Waals surface area (Å²) in [7, 11) is 4.01. The van der Waals surface area contributed by atoms with Gasteiger partial charge in [0.05, 0.1) is 6.61 Å². The van der Waals surface area contributed by atoms with Crippen molar-refractivity contribution in [1.82, 2.24) is 15.1 Å². The van der Waals surface area contributed by atoms with Crippen LogP contribution in [0.5, 0.6) is 0 Å². The van der Waals surface area contributed by atoms with Crippen LogP contribution in [0.3, 0.4) is 0 Å². The number of ether oxygens (including phenoxy) is 1. The topological polar surface area (TPSA) is 40.1 Å². The number of nitrogens with zero attached hydrogens (tertiary/aromatic N) is 3. The molecule has 0 aromatic heterocycles. The molecule has 1 N–H and O–H groups in total. The second-order valence-electron chi connectivity index (χ2n) is 7.59. The third-order valence-electron chi connectivity index (χ3n) is 5.77. The molecule has 0 aliphatic carbocycles. The van der Waals surface area contributed by atoms with Crippen molar-refractivity contribution in [3.63, 3.8) is 0 Å². The van der Waals surface area contributed by atoms with Gasteiger partial charge in [-0.2, -0.15) is 0 Å². The van der Waals surface area contributed by atoms with Crippen molar-refractivity contribution < 1.29 is 4.74 Å². The van der Waals surface area contributed by atoms with Crippen molar-refractivity contribution in [1.29, 1.82) is 0 Å². The van der Waals surface area contributed by atoms with E-state index < -0.39 is 0 Å². The zero-order valence-electron chi connectivity index (χ0n) is 16.6. The largest absolute Gasteiger partial charge is 0.381 e. The van der Waals surface area contributed by atoms with E-state index in [0.29, 0.717) is 12.0 Å². The Morgan fingerprint density at radius 2 is 2.19 bits per heavy atom. The highest BCUT2D eigenvalue weighted by Crippen LogP contribution is 2.21. The Kier molecular flexibility index (Phi) is 6.92. The maximum atomic E-state index is 5.50. The van der Waals surface area contributed by atoms with Crippen molar-refractivity contribution in [3.05, 3.63) is 35.4 Å². The molecule has 0 saturated carbocycles. The van der Waals surface area contributed by atoms with Crippen LogP contribution in [0, 0.1) is 5.92 Å². The Bertz CT molecular complexity index is 597. The summed E-state index contributed by atoms with van der Waals surface area (Å²) in [6.45, 7) is 8.22. The fourth-order valence-corrected chi connectivity index (χ4v) is 4.16. The molecule has 2 aliphatic rings. The summed E-state index contributed by atoms with van der Waals surface area (Å²) in [5.41, 5.74) is 3.00. The predicted octanol–water partition coefficient (Wildman–Crippen LogP) is 2.37. The maximum Gasteiger partial charge on any atom is 0.193 e. The van der Waals surface area contributed by atoms with Gasteiger partial charge < -0.3 is 15.0 Å². The minimum Gasteiger partial charge on any atom is -0.381 e. The molecule has 0 spiro atoms. The lowest BCUT2D eigenvalue weighted by Gasteiger charge is -2.36. The molecule has 2 unspecified atom stereocenters. The Labute approximate surface area is 158 Å². The van der Waals surface area contributed by atoms with Gasteiger partial charge in [-0.25, -0.2) is 0 Å². The normalized spacial score (nSPS) is 22.1. The van der Waals surface area contributed by atoms with Crippen molar-refractivity contribution >= 4 is 5.96 Å². The Balaban J connectivity index is 1.52. The molecule has 2 aliphatic heterocycles. The van der Waals surface area contributed by atoms with Crippen LogP contribution in [-0.4, -0.2) is 68.7 Å². The zero-order chi connectivity index (χ0) is 18.4. The van der Waals surface area contributed by atoms with Gasteiger partial charge in [-0.05, 0) is 30.4 Å². The number of hydrogen-bond acceptors (Lipinski definition) is 3. The number of hydrogen-bond donors (Lipinski definition) is 1. The first-order valence-corrected chi connectivity index (χ1v) is 10.0. The van der Waals surface area contributed by atoms with E-state index in [2.05, 4.69) is 58.3 Å². The van der Waals surface area contributed by atoms with Crippen molar-refractivity contribution in [2.24, 2.45) is 10.9 Å². The fraction of sp³-hybridized carbons (Fsp3) is 0.667. The first-order valence-electron chi connectivity index (χ1n) is 10.0. The molecule has 2 heterocycles. The van der Waals surface area contributed by atoms with Crippen LogP contribution in [0.15, 0.2) is 29.3 Å². The average Bonchev–Trinajstić information content (AvgIpc) is 3.18. The van der Waals surface area contributed by atoms with Gasteiger partial charge in [-0.3, -0.25) is 9.89 Å². The number of rotatable bonds is 6. The Morgan fingerprint density at radius 1 is 1.38 bits per heavy atom. The summed E-state index contributed by atoms with van der Waals surface area (Å²) < 4.78 is 5.50. The van der Waals surface area contributed by atoms with Gasteiger partial charge in [0.25, 0.3) is 0 Å². The second kappa shape index (κ2) is 9.38. The highest BCUT2D eigenvalue weighted by Gasteiger charge is 2.23.